The normalized spacial score (nSPS) is 31.8. The number of carbonyl (C=O) groups excluding carboxylic acids is 1. The molecule has 19 heavy (non-hydrogen) atoms. The van der Waals surface area contributed by atoms with Gasteiger partial charge in [-0.25, -0.2) is 9.59 Å². The summed E-state index contributed by atoms with van der Waals surface area (Å²) in [5.41, 5.74) is -1.10. The second-order valence-corrected chi connectivity index (χ2v) is 5.45. The third kappa shape index (κ3) is 2.83. The van der Waals surface area contributed by atoms with Crippen molar-refractivity contribution in [2.45, 2.75) is 38.1 Å². The minimum absolute atomic E-state index is 0.0382. The molecular formula is C13H22N2O4. The molecule has 0 radical (unpaired) electrons. The minimum Gasteiger partial charge on any atom is -0.479 e. The Morgan fingerprint density at radius 3 is 2.58 bits per heavy atom. The predicted molar refractivity (Wildman–Crippen MR) is 68.9 cm³/mol. The van der Waals surface area contributed by atoms with Crippen LogP contribution in [0.15, 0.2) is 0 Å². The average Bonchev–Trinajstić information content (AvgIpc) is 2.42. The Kier molecular flexibility index (Phi) is 4.29. The van der Waals surface area contributed by atoms with Crippen molar-refractivity contribution >= 4 is 12.0 Å². The number of nitrogens with zero attached hydrogens (tertiary/aromatic N) is 1. The summed E-state index contributed by atoms with van der Waals surface area (Å²) >= 11 is 0. The number of carbonyl (C=O) groups is 2. The molecule has 1 heterocycles. The van der Waals surface area contributed by atoms with E-state index in [9.17, 15) is 14.7 Å². The van der Waals surface area contributed by atoms with E-state index in [1.807, 2.05) is 6.92 Å². The average molecular weight is 270 g/mol. The van der Waals surface area contributed by atoms with Crippen LogP contribution in [0.1, 0.15) is 32.6 Å². The molecule has 1 aliphatic carbocycles. The van der Waals surface area contributed by atoms with Gasteiger partial charge in [0.05, 0.1) is 13.2 Å². The van der Waals surface area contributed by atoms with Crippen LogP contribution in [-0.4, -0.2) is 53.8 Å². The Labute approximate surface area is 113 Å². The molecule has 6 nitrogen and oxygen atoms in total. The third-order valence-corrected chi connectivity index (χ3v) is 4.31. The van der Waals surface area contributed by atoms with Crippen molar-refractivity contribution in [1.82, 2.24) is 10.2 Å². The summed E-state index contributed by atoms with van der Waals surface area (Å²) in [6.07, 6.45) is 3.24. The van der Waals surface area contributed by atoms with Crippen molar-refractivity contribution < 1.29 is 19.4 Å². The highest BCUT2D eigenvalue weighted by Gasteiger charge is 2.47. The van der Waals surface area contributed by atoms with Crippen molar-refractivity contribution in [3.63, 3.8) is 0 Å². The lowest BCUT2D eigenvalue weighted by Gasteiger charge is -2.41. The SMILES string of the molecule is CC1CCCCC1(NC(=O)N1CCOCC1)C(=O)O. The van der Waals surface area contributed by atoms with Crippen LogP contribution in [0, 0.1) is 5.92 Å². The molecule has 108 valence electrons. The first-order chi connectivity index (χ1) is 9.06. The van der Waals surface area contributed by atoms with E-state index in [4.69, 9.17) is 4.74 Å². The maximum atomic E-state index is 12.2. The first kappa shape index (κ1) is 14.1. The summed E-state index contributed by atoms with van der Waals surface area (Å²) in [5, 5.41) is 12.3. The molecule has 0 bridgehead atoms. The van der Waals surface area contributed by atoms with Gasteiger partial charge in [-0.1, -0.05) is 19.8 Å². The van der Waals surface area contributed by atoms with E-state index in [0.717, 1.165) is 19.3 Å². The van der Waals surface area contributed by atoms with Gasteiger partial charge in [-0.15, -0.1) is 0 Å². The number of nitrogens with one attached hydrogen (secondary N) is 1. The lowest BCUT2D eigenvalue weighted by Crippen LogP contribution is -2.63. The van der Waals surface area contributed by atoms with Crippen molar-refractivity contribution in [2.24, 2.45) is 5.92 Å². The maximum Gasteiger partial charge on any atom is 0.329 e. The summed E-state index contributed by atoms with van der Waals surface area (Å²) in [7, 11) is 0. The van der Waals surface area contributed by atoms with Crippen LogP contribution in [0.3, 0.4) is 0 Å². The first-order valence-electron chi connectivity index (χ1n) is 6.94. The van der Waals surface area contributed by atoms with Gasteiger partial charge in [0.1, 0.15) is 5.54 Å². The number of hydrogen-bond donors (Lipinski definition) is 2. The van der Waals surface area contributed by atoms with Gasteiger partial charge in [0.15, 0.2) is 0 Å². The molecule has 2 fully saturated rings. The number of aliphatic carboxylic acids is 1. The van der Waals surface area contributed by atoms with Gasteiger partial charge in [0.25, 0.3) is 0 Å². The largest absolute Gasteiger partial charge is 0.479 e. The van der Waals surface area contributed by atoms with Crippen molar-refractivity contribution in [2.75, 3.05) is 26.3 Å². The van der Waals surface area contributed by atoms with Gasteiger partial charge in [-0.05, 0) is 18.8 Å². The molecule has 2 atom stereocenters. The van der Waals surface area contributed by atoms with Crippen LogP contribution >= 0.6 is 0 Å². The van der Waals surface area contributed by atoms with E-state index in [1.54, 1.807) is 4.90 Å². The van der Waals surface area contributed by atoms with E-state index in [2.05, 4.69) is 5.32 Å². The smallest absolute Gasteiger partial charge is 0.329 e. The van der Waals surface area contributed by atoms with E-state index in [0.29, 0.717) is 32.7 Å². The van der Waals surface area contributed by atoms with Gasteiger partial charge in [-0.2, -0.15) is 0 Å². The monoisotopic (exact) mass is 270 g/mol. The number of carboxylic acids is 1. The highest BCUT2D eigenvalue weighted by molar-refractivity contribution is 5.86. The van der Waals surface area contributed by atoms with Crippen molar-refractivity contribution in [3.05, 3.63) is 0 Å². The zero-order valence-corrected chi connectivity index (χ0v) is 11.4. The molecule has 6 heteroatoms. The highest BCUT2D eigenvalue weighted by atomic mass is 16.5. The molecule has 0 aromatic carbocycles. The van der Waals surface area contributed by atoms with E-state index in [1.165, 1.54) is 0 Å². The van der Waals surface area contributed by atoms with Crippen LogP contribution in [0.5, 0.6) is 0 Å². The molecule has 2 unspecified atom stereocenters. The molecule has 1 aliphatic heterocycles. The van der Waals surface area contributed by atoms with Crippen LogP contribution in [-0.2, 0) is 9.53 Å². The highest BCUT2D eigenvalue weighted by Crippen LogP contribution is 2.34. The Balaban J connectivity index is 2.07. The zero-order chi connectivity index (χ0) is 13.9. The summed E-state index contributed by atoms with van der Waals surface area (Å²) in [5.74, 6) is -0.954. The molecule has 1 saturated heterocycles. The van der Waals surface area contributed by atoms with Gasteiger partial charge in [0.2, 0.25) is 0 Å². The number of carboxylic acid groups (broad SMARTS) is 1. The van der Waals surface area contributed by atoms with Gasteiger partial charge in [-0.3, -0.25) is 0 Å². The second-order valence-electron chi connectivity index (χ2n) is 5.45. The maximum absolute atomic E-state index is 12.2. The van der Waals surface area contributed by atoms with Crippen molar-refractivity contribution in [3.8, 4) is 0 Å². The molecule has 2 N–H and O–H groups in total. The lowest BCUT2D eigenvalue weighted by atomic mass is 9.73. The Morgan fingerprint density at radius 2 is 2.00 bits per heavy atom. The van der Waals surface area contributed by atoms with Crippen LogP contribution in [0.25, 0.3) is 0 Å². The fourth-order valence-corrected chi connectivity index (χ4v) is 2.94. The summed E-state index contributed by atoms with van der Waals surface area (Å²) < 4.78 is 5.20. The predicted octanol–water partition coefficient (Wildman–Crippen LogP) is 1.06. The fraction of sp³-hybridized carbons (Fsp3) is 0.846. The number of rotatable bonds is 2. The summed E-state index contributed by atoms with van der Waals surface area (Å²) in [6.45, 7) is 3.99. The first-order valence-corrected chi connectivity index (χ1v) is 6.94. The molecule has 2 rings (SSSR count). The summed E-state index contributed by atoms with van der Waals surface area (Å²) in [6, 6.07) is -0.278. The van der Waals surface area contributed by atoms with Gasteiger partial charge < -0.3 is 20.1 Å². The van der Waals surface area contributed by atoms with Gasteiger partial charge >= 0.3 is 12.0 Å². The Morgan fingerprint density at radius 1 is 1.32 bits per heavy atom. The zero-order valence-electron chi connectivity index (χ0n) is 11.4. The Bertz CT molecular complexity index is 355. The third-order valence-electron chi connectivity index (χ3n) is 4.31. The molecule has 2 aliphatic rings. The standard InChI is InChI=1S/C13H22N2O4/c1-10-4-2-3-5-13(10,11(16)17)14-12(18)15-6-8-19-9-7-15/h10H,2-9H2,1H3,(H,14,18)(H,16,17). The van der Waals surface area contributed by atoms with Crippen LogP contribution in [0.2, 0.25) is 0 Å². The molecule has 0 spiro atoms. The van der Waals surface area contributed by atoms with E-state index in [-0.39, 0.29) is 11.9 Å². The second kappa shape index (κ2) is 5.77. The number of ether oxygens (including phenoxy) is 1. The van der Waals surface area contributed by atoms with Crippen LogP contribution < -0.4 is 5.32 Å². The fourth-order valence-electron chi connectivity index (χ4n) is 2.94. The molecular weight excluding hydrogens is 248 g/mol. The molecule has 0 aromatic heterocycles. The minimum atomic E-state index is -1.10. The number of amides is 2. The van der Waals surface area contributed by atoms with E-state index >= 15 is 0 Å². The Hall–Kier alpha value is -1.30. The topological polar surface area (TPSA) is 78.9 Å². The summed E-state index contributed by atoms with van der Waals surface area (Å²) in [4.78, 5) is 25.5. The van der Waals surface area contributed by atoms with E-state index < -0.39 is 11.5 Å². The number of hydrogen-bond acceptors (Lipinski definition) is 3. The molecule has 1 saturated carbocycles. The number of morpholine rings is 1. The van der Waals surface area contributed by atoms with Gasteiger partial charge in [0, 0.05) is 13.1 Å². The molecule has 2 amide bonds. The van der Waals surface area contributed by atoms with Crippen LogP contribution in [0.4, 0.5) is 4.79 Å². The van der Waals surface area contributed by atoms with Crippen molar-refractivity contribution in [1.29, 1.82) is 0 Å². The number of urea groups is 1. The molecule has 0 aromatic rings. The lowest BCUT2D eigenvalue weighted by molar-refractivity contribution is -0.148. The quantitative estimate of drug-likeness (QED) is 0.786.